The molecule has 156 valence electrons. The number of rotatable bonds is 8. The van der Waals surface area contributed by atoms with Gasteiger partial charge in [-0.2, -0.15) is 0 Å². The highest BCUT2D eigenvalue weighted by Gasteiger charge is 2.35. The summed E-state index contributed by atoms with van der Waals surface area (Å²) in [4.78, 5) is 50.1. The number of nitrogens with zero attached hydrogens (tertiary/aromatic N) is 1. The van der Waals surface area contributed by atoms with E-state index in [0.29, 0.717) is 29.2 Å². The Hall–Kier alpha value is -3.68. The average Bonchev–Trinajstić information content (AvgIpc) is 2.98. The van der Waals surface area contributed by atoms with E-state index in [2.05, 4.69) is 5.32 Å². The van der Waals surface area contributed by atoms with Gasteiger partial charge in [-0.15, -0.1) is 0 Å². The van der Waals surface area contributed by atoms with E-state index < -0.39 is 29.8 Å². The molecule has 1 heterocycles. The quantitative estimate of drug-likeness (QED) is 0.530. The predicted molar refractivity (Wildman–Crippen MR) is 108 cm³/mol. The number of benzene rings is 2. The minimum atomic E-state index is -1.06. The fraction of sp³-hybridized carbons (Fsp3) is 0.273. The molecule has 1 aliphatic rings. The summed E-state index contributed by atoms with van der Waals surface area (Å²) >= 11 is 0. The second kappa shape index (κ2) is 9.21. The molecule has 30 heavy (non-hydrogen) atoms. The Bertz CT molecular complexity index is 952. The lowest BCUT2D eigenvalue weighted by molar-refractivity contribution is -0.153. The van der Waals surface area contributed by atoms with E-state index in [1.165, 1.54) is 6.92 Å². The van der Waals surface area contributed by atoms with Crippen LogP contribution in [0.4, 0.5) is 5.69 Å². The van der Waals surface area contributed by atoms with Gasteiger partial charge in [-0.25, -0.2) is 0 Å². The molecule has 0 fully saturated rings. The lowest BCUT2D eigenvalue weighted by Crippen LogP contribution is -2.34. The lowest BCUT2D eigenvalue weighted by Gasteiger charge is -2.17. The van der Waals surface area contributed by atoms with Crippen LogP contribution in [0.15, 0.2) is 48.5 Å². The maximum absolute atomic E-state index is 12.4. The van der Waals surface area contributed by atoms with Crippen molar-refractivity contribution in [3.63, 3.8) is 0 Å². The number of carbonyl (C=O) groups excluding carboxylic acids is 4. The largest absolute Gasteiger partial charge is 0.492 e. The number of hydrogen-bond acceptors (Lipinski definition) is 6. The Morgan fingerprint density at radius 3 is 2.23 bits per heavy atom. The highest BCUT2D eigenvalue weighted by molar-refractivity contribution is 6.21. The molecule has 8 nitrogen and oxygen atoms in total. The van der Waals surface area contributed by atoms with E-state index in [0.717, 1.165) is 4.90 Å². The Kier molecular flexibility index (Phi) is 6.46. The number of anilines is 1. The van der Waals surface area contributed by atoms with Crippen LogP contribution < -0.4 is 10.1 Å². The number of hydrogen-bond donors (Lipinski definition) is 1. The Morgan fingerprint density at radius 2 is 1.60 bits per heavy atom. The average molecular weight is 410 g/mol. The highest BCUT2D eigenvalue weighted by Crippen LogP contribution is 2.24. The molecule has 3 rings (SSSR count). The van der Waals surface area contributed by atoms with Crippen LogP contribution in [0, 0.1) is 0 Å². The van der Waals surface area contributed by atoms with Gasteiger partial charge in [0.2, 0.25) is 0 Å². The zero-order chi connectivity index (χ0) is 21.7. The molecule has 3 amide bonds. The molecule has 8 heteroatoms. The first kappa shape index (κ1) is 21.0. The molecule has 1 atom stereocenters. The van der Waals surface area contributed by atoms with Crippen LogP contribution in [0.3, 0.4) is 0 Å². The number of esters is 1. The molecule has 1 aliphatic heterocycles. The summed E-state index contributed by atoms with van der Waals surface area (Å²) in [6.07, 6.45) is -1.27. The summed E-state index contributed by atoms with van der Waals surface area (Å²) in [7, 11) is 0. The molecular formula is C22H22N2O6. The van der Waals surface area contributed by atoms with Crippen molar-refractivity contribution in [3.8, 4) is 5.75 Å². The monoisotopic (exact) mass is 410 g/mol. The number of para-hydroxylation sites is 2. The fourth-order valence-corrected chi connectivity index (χ4v) is 3.04. The van der Waals surface area contributed by atoms with Crippen molar-refractivity contribution in [2.24, 2.45) is 0 Å². The molecule has 2 aromatic carbocycles. The first-order valence-electron chi connectivity index (χ1n) is 9.59. The summed E-state index contributed by atoms with van der Waals surface area (Å²) in [5, 5.41) is 2.66. The second-order valence-electron chi connectivity index (χ2n) is 6.61. The third-order valence-electron chi connectivity index (χ3n) is 4.54. The van der Waals surface area contributed by atoms with Gasteiger partial charge >= 0.3 is 5.97 Å². The van der Waals surface area contributed by atoms with E-state index >= 15 is 0 Å². The molecule has 0 unspecified atom stereocenters. The number of fused-ring (bicyclic) bond motifs is 1. The Balaban J connectivity index is 1.52. The number of amides is 3. The lowest BCUT2D eigenvalue weighted by atomic mass is 10.1. The summed E-state index contributed by atoms with van der Waals surface area (Å²) in [5.74, 6) is -1.58. The third kappa shape index (κ3) is 4.48. The normalized spacial score (nSPS) is 13.6. The molecule has 0 bridgehead atoms. The highest BCUT2D eigenvalue weighted by atomic mass is 16.5. The fourth-order valence-electron chi connectivity index (χ4n) is 3.04. The molecule has 1 N–H and O–H groups in total. The molecule has 2 aromatic rings. The summed E-state index contributed by atoms with van der Waals surface area (Å²) in [5.41, 5.74) is 1.10. The molecule has 0 spiro atoms. The minimum absolute atomic E-state index is 0.118. The molecule has 0 aliphatic carbocycles. The van der Waals surface area contributed by atoms with E-state index in [1.807, 2.05) is 6.92 Å². The summed E-state index contributed by atoms with van der Waals surface area (Å²) in [6, 6.07) is 13.4. The maximum Gasteiger partial charge on any atom is 0.308 e. The standard InChI is InChI=1S/C22H22N2O6/c1-3-29-18-11-7-6-10-17(18)23-20(26)14(2)30-19(25)12-13-24-21(27)15-8-4-5-9-16(15)22(24)28/h4-11,14H,3,12-13H2,1-2H3,(H,23,26)/t14-/m1/s1. The van der Waals surface area contributed by atoms with Crippen LogP contribution in [0.1, 0.15) is 41.0 Å². The van der Waals surface area contributed by atoms with Gasteiger partial charge in [0.15, 0.2) is 6.10 Å². The van der Waals surface area contributed by atoms with E-state index in [4.69, 9.17) is 9.47 Å². The van der Waals surface area contributed by atoms with Crippen molar-refractivity contribution in [2.45, 2.75) is 26.4 Å². The maximum atomic E-state index is 12.4. The van der Waals surface area contributed by atoms with Crippen molar-refractivity contribution >= 4 is 29.4 Å². The molecule has 0 radical (unpaired) electrons. The van der Waals surface area contributed by atoms with Gasteiger partial charge in [-0.3, -0.25) is 24.1 Å². The smallest absolute Gasteiger partial charge is 0.308 e. The first-order valence-corrected chi connectivity index (χ1v) is 9.59. The third-order valence-corrected chi connectivity index (χ3v) is 4.54. The van der Waals surface area contributed by atoms with Crippen LogP contribution in [0.2, 0.25) is 0 Å². The van der Waals surface area contributed by atoms with Crippen molar-refractivity contribution in [1.29, 1.82) is 0 Å². The van der Waals surface area contributed by atoms with Crippen molar-refractivity contribution in [2.75, 3.05) is 18.5 Å². The van der Waals surface area contributed by atoms with Crippen molar-refractivity contribution in [1.82, 2.24) is 4.90 Å². The Morgan fingerprint density at radius 1 is 1.00 bits per heavy atom. The number of imide groups is 1. The van der Waals surface area contributed by atoms with Crippen LogP contribution in [0.5, 0.6) is 5.75 Å². The number of carbonyl (C=O) groups is 4. The molecular weight excluding hydrogens is 388 g/mol. The summed E-state index contributed by atoms with van der Waals surface area (Å²) < 4.78 is 10.6. The van der Waals surface area contributed by atoms with Gasteiger partial charge < -0.3 is 14.8 Å². The first-order chi connectivity index (χ1) is 14.4. The Labute approximate surface area is 173 Å². The molecule has 0 saturated carbocycles. The van der Waals surface area contributed by atoms with Crippen LogP contribution >= 0.6 is 0 Å². The van der Waals surface area contributed by atoms with Crippen LogP contribution in [-0.2, 0) is 14.3 Å². The van der Waals surface area contributed by atoms with E-state index in [1.54, 1.807) is 48.5 Å². The van der Waals surface area contributed by atoms with Gasteiger partial charge in [0.25, 0.3) is 17.7 Å². The van der Waals surface area contributed by atoms with Gasteiger partial charge in [0.1, 0.15) is 5.75 Å². The van der Waals surface area contributed by atoms with Crippen molar-refractivity contribution in [3.05, 3.63) is 59.7 Å². The van der Waals surface area contributed by atoms with E-state index in [-0.39, 0.29) is 13.0 Å². The number of nitrogens with one attached hydrogen (secondary N) is 1. The predicted octanol–water partition coefficient (Wildman–Crippen LogP) is 2.64. The van der Waals surface area contributed by atoms with Gasteiger partial charge in [-0.1, -0.05) is 24.3 Å². The zero-order valence-electron chi connectivity index (χ0n) is 16.7. The van der Waals surface area contributed by atoms with Gasteiger partial charge in [0, 0.05) is 6.54 Å². The summed E-state index contributed by atoms with van der Waals surface area (Å²) in [6.45, 7) is 3.60. The van der Waals surface area contributed by atoms with Crippen LogP contribution in [-0.4, -0.2) is 47.8 Å². The van der Waals surface area contributed by atoms with Crippen molar-refractivity contribution < 1.29 is 28.7 Å². The topological polar surface area (TPSA) is 102 Å². The molecule has 0 saturated heterocycles. The van der Waals surface area contributed by atoms with Gasteiger partial charge in [-0.05, 0) is 38.1 Å². The van der Waals surface area contributed by atoms with E-state index in [9.17, 15) is 19.2 Å². The minimum Gasteiger partial charge on any atom is -0.492 e. The van der Waals surface area contributed by atoms with Gasteiger partial charge in [0.05, 0.1) is 29.8 Å². The van der Waals surface area contributed by atoms with Crippen LogP contribution in [0.25, 0.3) is 0 Å². The second-order valence-corrected chi connectivity index (χ2v) is 6.61. The SMILES string of the molecule is CCOc1ccccc1NC(=O)[C@@H](C)OC(=O)CCN1C(=O)c2ccccc2C1=O. The molecule has 0 aromatic heterocycles. The number of ether oxygens (including phenoxy) is 2. The zero-order valence-corrected chi connectivity index (χ0v) is 16.7.